The van der Waals surface area contributed by atoms with Gasteiger partial charge in [-0.05, 0) is 28.6 Å². The van der Waals surface area contributed by atoms with Crippen molar-refractivity contribution in [1.82, 2.24) is 0 Å². The van der Waals surface area contributed by atoms with Gasteiger partial charge in [-0.1, -0.05) is 0 Å². The molecule has 1 aromatic heterocycles. The van der Waals surface area contributed by atoms with Crippen LogP contribution in [-0.2, 0) is 11.3 Å². The molecule has 2 nitrogen and oxygen atoms in total. The summed E-state index contributed by atoms with van der Waals surface area (Å²) in [5.74, 6) is 0. The van der Waals surface area contributed by atoms with Gasteiger partial charge in [0.2, 0.25) is 0 Å². The number of carbonyl (C=O) groups is 1. The summed E-state index contributed by atoms with van der Waals surface area (Å²) >= 11 is 6.58. The second kappa shape index (κ2) is 3.85. The van der Waals surface area contributed by atoms with Crippen molar-refractivity contribution in [3.05, 3.63) is 21.9 Å². The summed E-state index contributed by atoms with van der Waals surface area (Å²) in [4.78, 5) is 11.2. The second-order valence-electron chi connectivity index (χ2n) is 2.03. The number of rotatable bonds is 3. The molecule has 0 spiro atoms. The maximum Gasteiger partial charge on any atom is 0.262 e. The zero-order chi connectivity index (χ0) is 8.27. The van der Waals surface area contributed by atoms with Crippen LogP contribution in [-0.4, -0.2) is 12.4 Å². The largest absolute Gasteiger partial charge is 0.380 e. The summed E-state index contributed by atoms with van der Waals surface area (Å²) in [5, 5.41) is 1.46. The van der Waals surface area contributed by atoms with E-state index in [0.29, 0.717) is 11.5 Å². The van der Waals surface area contributed by atoms with Crippen molar-refractivity contribution in [3.63, 3.8) is 0 Å². The molecule has 4 heteroatoms. The van der Waals surface area contributed by atoms with Gasteiger partial charge in [0, 0.05) is 7.11 Å². The predicted molar refractivity (Wildman–Crippen MR) is 45.2 cm³/mol. The molecule has 0 fully saturated rings. The van der Waals surface area contributed by atoms with Crippen molar-refractivity contribution in [2.24, 2.45) is 0 Å². The third-order valence-electron chi connectivity index (χ3n) is 1.16. The molecule has 0 bridgehead atoms. The lowest BCUT2D eigenvalue weighted by molar-refractivity contribution is 0.108. The fourth-order valence-electron chi connectivity index (χ4n) is 0.721. The number of hydrogen-bond donors (Lipinski definition) is 0. The Bertz CT molecular complexity index is 257. The van der Waals surface area contributed by atoms with Crippen LogP contribution in [0.5, 0.6) is 0 Å². The third-order valence-corrected chi connectivity index (χ3v) is 2.45. The molecule has 60 valence electrons. The first-order valence-corrected chi connectivity index (χ1v) is 4.26. The van der Waals surface area contributed by atoms with Gasteiger partial charge < -0.3 is 4.74 Å². The molecule has 0 amide bonds. The molecule has 0 saturated heterocycles. The highest BCUT2D eigenvalue weighted by atomic mass is 35.5. The lowest BCUT2D eigenvalue weighted by Crippen LogP contribution is -1.84. The number of halogens is 1. The Morgan fingerprint density at radius 2 is 2.55 bits per heavy atom. The van der Waals surface area contributed by atoms with Crippen molar-refractivity contribution in [2.75, 3.05) is 7.11 Å². The fraction of sp³-hybridized carbons (Fsp3) is 0.286. The molecule has 0 aliphatic carbocycles. The zero-order valence-electron chi connectivity index (χ0n) is 5.96. The fourth-order valence-corrected chi connectivity index (χ4v) is 1.64. The predicted octanol–water partition coefficient (Wildman–Crippen LogP) is 2.27. The molecule has 1 heterocycles. The first-order chi connectivity index (χ1) is 5.24. The minimum Gasteiger partial charge on any atom is -0.380 e. The Kier molecular flexibility index (Phi) is 3.05. The Balaban J connectivity index is 2.73. The lowest BCUT2D eigenvalue weighted by Gasteiger charge is -1.90. The van der Waals surface area contributed by atoms with Crippen molar-refractivity contribution < 1.29 is 9.53 Å². The Labute approximate surface area is 73.7 Å². The number of hydrogen-bond acceptors (Lipinski definition) is 3. The van der Waals surface area contributed by atoms with E-state index in [1.165, 1.54) is 11.3 Å². The van der Waals surface area contributed by atoms with Gasteiger partial charge in [-0.2, -0.15) is 0 Å². The first-order valence-electron chi connectivity index (χ1n) is 3.00. The molecular weight excluding hydrogens is 184 g/mol. The van der Waals surface area contributed by atoms with E-state index in [4.69, 9.17) is 16.3 Å². The van der Waals surface area contributed by atoms with Crippen LogP contribution in [0.1, 0.15) is 15.2 Å². The Morgan fingerprint density at radius 3 is 3.00 bits per heavy atom. The molecule has 11 heavy (non-hydrogen) atoms. The molecule has 0 atom stereocenters. The van der Waals surface area contributed by atoms with Gasteiger partial charge in [-0.15, -0.1) is 11.3 Å². The van der Waals surface area contributed by atoms with Crippen molar-refractivity contribution in [1.29, 1.82) is 0 Å². The van der Waals surface area contributed by atoms with E-state index < -0.39 is 5.24 Å². The van der Waals surface area contributed by atoms with Gasteiger partial charge in [-0.25, -0.2) is 0 Å². The zero-order valence-corrected chi connectivity index (χ0v) is 7.54. The number of ether oxygens (including phenoxy) is 1. The number of carbonyl (C=O) groups excluding carboxylic acids is 1. The van der Waals surface area contributed by atoms with E-state index in [9.17, 15) is 4.79 Å². The summed E-state index contributed by atoms with van der Waals surface area (Å²) < 4.78 is 4.87. The monoisotopic (exact) mass is 190 g/mol. The molecule has 0 N–H and O–H groups in total. The quantitative estimate of drug-likeness (QED) is 0.684. The van der Waals surface area contributed by atoms with Gasteiger partial charge >= 0.3 is 0 Å². The summed E-state index contributed by atoms with van der Waals surface area (Å²) in [6.45, 7) is 0.528. The van der Waals surface area contributed by atoms with Gasteiger partial charge in [0.15, 0.2) is 0 Å². The van der Waals surface area contributed by atoms with Crippen LogP contribution in [0, 0.1) is 0 Å². The van der Waals surface area contributed by atoms with Crippen LogP contribution in [0.2, 0.25) is 0 Å². The maximum atomic E-state index is 10.6. The van der Waals surface area contributed by atoms with Gasteiger partial charge in [0.05, 0.1) is 11.5 Å². The van der Waals surface area contributed by atoms with Crippen molar-refractivity contribution >= 4 is 28.2 Å². The Hall–Kier alpha value is -0.380. The molecule has 0 aliphatic heterocycles. The first kappa shape index (κ1) is 8.71. The van der Waals surface area contributed by atoms with Crippen LogP contribution < -0.4 is 0 Å². The number of thiophene rings is 1. The average Bonchev–Trinajstić information content (AvgIpc) is 2.37. The van der Waals surface area contributed by atoms with E-state index in [2.05, 4.69) is 0 Å². The topological polar surface area (TPSA) is 26.3 Å². The van der Waals surface area contributed by atoms with E-state index in [-0.39, 0.29) is 0 Å². The molecular formula is C7H7ClO2S. The molecule has 1 rings (SSSR count). The van der Waals surface area contributed by atoms with Gasteiger partial charge in [0.25, 0.3) is 5.24 Å². The van der Waals surface area contributed by atoms with Crippen molar-refractivity contribution in [2.45, 2.75) is 6.61 Å². The molecule has 0 unspecified atom stereocenters. The minimum absolute atomic E-state index is 0.405. The smallest absolute Gasteiger partial charge is 0.262 e. The summed E-state index contributed by atoms with van der Waals surface area (Å²) in [7, 11) is 1.61. The highest BCUT2D eigenvalue weighted by Gasteiger charge is 2.04. The highest BCUT2D eigenvalue weighted by molar-refractivity contribution is 7.14. The normalized spacial score (nSPS) is 10.0. The molecule has 0 aliphatic rings. The summed E-state index contributed by atoms with van der Waals surface area (Å²) in [6, 6.07) is 1.74. The van der Waals surface area contributed by atoms with Gasteiger partial charge in [0.1, 0.15) is 0 Å². The van der Waals surface area contributed by atoms with Crippen LogP contribution in [0.25, 0.3) is 0 Å². The van der Waals surface area contributed by atoms with E-state index in [1.54, 1.807) is 13.2 Å². The second-order valence-corrected chi connectivity index (χ2v) is 3.28. The van der Waals surface area contributed by atoms with E-state index in [0.717, 1.165) is 5.56 Å². The van der Waals surface area contributed by atoms with Crippen molar-refractivity contribution in [3.8, 4) is 0 Å². The van der Waals surface area contributed by atoms with Crippen LogP contribution in [0.4, 0.5) is 0 Å². The van der Waals surface area contributed by atoms with Gasteiger partial charge in [-0.3, -0.25) is 4.79 Å². The Morgan fingerprint density at radius 1 is 1.82 bits per heavy atom. The third kappa shape index (κ3) is 2.29. The molecule has 0 radical (unpaired) electrons. The minimum atomic E-state index is -0.405. The van der Waals surface area contributed by atoms with Crippen LogP contribution >= 0.6 is 22.9 Å². The summed E-state index contributed by atoms with van der Waals surface area (Å²) in [6.07, 6.45) is 0. The standard InChI is InChI=1S/C7H7ClO2S/c1-10-3-5-2-6(7(8)9)11-4-5/h2,4H,3H2,1H3. The van der Waals surface area contributed by atoms with Crippen LogP contribution in [0.15, 0.2) is 11.4 Å². The lowest BCUT2D eigenvalue weighted by atomic mass is 10.3. The number of methoxy groups -OCH3 is 1. The average molecular weight is 191 g/mol. The maximum absolute atomic E-state index is 10.6. The van der Waals surface area contributed by atoms with Crippen LogP contribution in [0.3, 0.4) is 0 Å². The molecule has 0 saturated carbocycles. The summed E-state index contributed by atoms with van der Waals surface area (Å²) in [5.41, 5.74) is 0.988. The molecule has 1 aromatic rings. The highest BCUT2D eigenvalue weighted by Crippen LogP contribution is 2.16. The van der Waals surface area contributed by atoms with E-state index >= 15 is 0 Å². The molecule has 0 aromatic carbocycles. The van der Waals surface area contributed by atoms with E-state index in [1.807, 2.05) is 5.38 Å². The SMILES string of the molecule is COCc1csc(C(=O)Cl)c1.